The summed E-state index contributed by atoms with van der Waals surface area (Å²) < 4.78 is 5.26. The molecule has 0 fully saturated rings. The van der Waals surface area contributed by atoms with Crippen LogP contribution in [-0.4, -0.2) is 6.09 Å². The fourth-order valence-electron chi connectivity index (χ4n) is 1.98. The number of ether oxygens (including phenoxy) is 1. The molecule has 1 amide bonds. The number of hydrogen-bond acceptors (Lipinski definition) is 2. The first-order chi connectivity index (χ1) is 9.19. The summed E-state index contributed by atoms with van der Waals surface area (Å²) in [5.41, 5.74) is 5.24. The smallest absolute Gasteiger partial charge is 0.406 e. The van der Waals surface area contributed by atoms with Crippen LogP contribution in [0.4, 0.5) is 4.79 Å². The molecule has 3 heteroatoms. The van der Waals surface area contributed by atoms with Crippen LogP contribution in [0.15, 0.2) is 60.7 Å². The molecule has 0 aromatic heterocycles. The van der Waals surface area contributed by atoms with Crippen molar-refractivity contribution in [3.8, 4) is 12.3 Å². The van der Waals surface area contributed by atoms with Gasteiger partial charge in [0.2, 0.25) is 5.60 Å². The lowest BCUT2D eigenvalue weighted by Gasteiger charge is -2.28. The first-order valence-corrected chi connectivity index (χ1v) is 5.76. The monoisotopic (exact) mass is 251 g/mol. The number of carbonyl (C=O) groups is 1. The molecule has 0 heterocycles. The van der Waals surface area contributed by atoms with Crippen molar-refractivity contribution < 1.29 is 9.53 Å². The minimum Gasteiger partial charge on any atom is -0.421 e. The number of hydrogen-bond donors (Lipinski definition) is 1. The minimum absolute atomic E-state index is 0.683. The predicted octanol–water partition coefficient (Wildman–Crippen LogP) is 2.66. The molecule has 0 aliphatic carbocycles. The van der Waals surface area contributed by atoms with E-state index in [1.54, 1.807) is 24.3 Å². The van der Waals surface area contributed by atoms with Gasteiger partial charge in [-0.05, 0) is 5.92 Å². The van der Waals surface area contributed by atoms with Crippen molar-refractivity contribution in [2.45, 2.75) is 5.60 Å². The lowest BCUT2D eigenvalue weighted by molar-refractivity contribution is 0.0866. The molecule has 0 aliphatic rings. The van der Waals surface area contributed by atoms with Crippen LogP contribution in [0.5, 0.6) is 0 Å². The molecule has 0 unspecified atom stereocenters. The SMILES string of the molecule is C#CC(OC(N)=O)(c1ccccc1)c1ccccc1. The van der Waals surface area contributed by atoms with E-state index in [4.69, 9.17) is 16.9 Å². The average molecular weight is 251 g/mol. The molecule has 0 atom stereocenters. The molecule has 0 aliphatic heterocycles. The first kappa shape index (κ1) is 12.7. The Morgan fingerprint density at radius 3 is 1.74 bits per heavy atom. The molecule has 94 valence electrons. The van der Waals surface area contributed by atoms with E-state index < -0.39 is 11.7 Å². The maximum absolute atomic E-state index is 11.2. The van der Waals surface area contributed by atoms with Crippen LogP contribution < -0.4 is 5.73 Å². The van der Waals surface area contributed by atoms with E-state index in [1.165, 1.54) is 0 Å². The average Bonchev–Trinajstić information content (AvgIpc) is 2.46. The third-order valence-corrected chi connectivity index (χ3v) is 2.82. The van der Waals surface area contributed by atoms with Gasteiger partial charge in [-0.2, -0.15) is 0 Å². The number of amides is 1. The van der Waals surface area contributed by atoms with Gasteiger partial charge in [0.25, 0.3) is 0 Å². The van der Waals surface area contributed by atoms with E-state index in [0.717, 1.165) is 0 Å². The number of primary amides is 1. The molecule has 19 heavy (non-hydrogen) atoms. The van der Waals surface area contributed by atoms with Crippen molar-refractivity contribution in [1.82, 2.24) is 0 Å². The maximum Gasteiger partial charge on any atom is 0.406 e. The molecule has 0 bridgehead atoms. The van der Waals surface area contributed by atoms with Gasteiger partial charge in [-0.1, -0.05) is 60.7 Å². The van der Waals surface area contributed by atoms with Gasteiger partial charge >= 0.3 is 6.09 Å². The Hall–Kier alpha value is -2.73. The third-order valence-electron chi connectivity index (χ3n) is 2.82. The Bertz CT molecular complexity index is 560. The maximum atomic E-state index is 11.2. The van der Waals surface area contributed by atoms with E-state index >= 15 is 0 Å². The van der Waals surface area contributed by atoms with Gasteiger partial charge in [-0.3, -0.25) is 0 Å². The summed E-state index contributed by atoms with van der Waals surface area (Å²) in [5, 5.41) is 0. The summed E-state index contributed by atoms with van der Waals surface area (Å²) in [6.45, 7) is 0. The normalized spacial score (nSPS) is 10.5. The molecule has 3 nitrogen and oxygen atoms in total. The molecular formula is C16H13NO2. The van der Waals surface area contributed by atoms with Crippen LogP contribution in [-0.2, 0) is 10.3 Å². The van der Waals surface area contributed by atoms with Crippen molar-refractivity contribution in [1.29, 1.82) is 0 Å². The van der Waals surface area contributed by atoms with Crippen LogP contribution >= 0.6 is 0 Å². The van der Waals surface area contributed by atoms with Crippen molar-refractivity contribution in [2.75, 3.05) is 0 Å². The van der Waals surface area contributed by atoms with Gasteiger partial charge in [0.15, 0.2) is 0 Å². The Morgan fingerprint density at radius 1 is 1.00 bits per heavy atom. The molecule has 0 radical (unpaired) electrons. The highest BCUT2D eigenvalue weighted by Crippen LogP contribution is 2.32. The van der Waals surface area contributed by atoms with Crippen molar-refractivity contribution >= 4 is 6.09 Å². The number of carbonyl (C=O) groups excluding carboxylic acids is 1. The van der Waals surface area contributed by atoms with Gasteiger partial charge in [0.05, 0.1) is 0 Å². The Labute approximate surface area is 112 Å². The van der Waals surface area contributed by atoms with Gasteiger partial charge in [-0.15, -0.1) is 6.42 Å². The van der Waals surface area contributed by atoms with Crippen LogP contribution in [0.1, 0.15) is 11.1 Å². The van der Waals surface area contributed by atoms with Crippen molar-refractivity contribution in [3.63, 3.8) is 0 Å². The molecule has 0 spiro atoms. The van der Waals surface area contributed by atoms with Gasteiger partial charge < -0.3 is 10.5 Å². The molecule has 2 aromatic carbocycles. The zero-order chi connectivity index (χ0) is 13.7. The number of terminal acetylenes is 1. The van der Waals surface area contributed by atoms with Gasteiger partial charge in [0.1, 0.15) is 0 Å². The third kappa shape index (κ3) is 2.43. The molecule has 0 saturated heterocycles. The fraction of sp³-hybridized carbons (Fsp3) is 0.0625. The van der Waals surface area contributed by atoms with Gasteiger partial charge in [-0.25, -0.2) is 4.79 Å². The van der Waals surface area contributed by atoms with E-state index in [-0.39, 0.29) is 0 Å². The fourth-order valence-corrected chi connectivity index (χ4v) is 1.98. The zero-order valence-electron chi connectivity index (χ0n) is 10.2. The summed E-state index contributed by atoms with van der Waals surface area (Å²) in [6, 6.07) is 18.2. The Morgan fingerprint density at radius 2 is 1.42 bits per heavy atom. The van der Waals surface area contributed by atoms with Crippen LogP contribution in [0.3, 0.4) is 0 Å². The van der Waals surface area contributed by atoms with E-state index in [9.17, 15) is 4.79 Å². The summed E-state index contributed by atoms with van der Waals surface area (Å²) in [5.74, 6) is 2.56. The van der Waals surface area contributed by atoms with Crippen LogP contribution in [0.25, 0.3) is 0 Å². The predicted molar refractivity (Wildman–Crippen MR) is 73.2 cm³/mol. The van der Waals surface area contributed by atoms with E-state index in [0.29, 0.717) is 11.1 Å². The van der Waals surface area contributed by atoms with E-state index in [1.807, 2.05) is 36.4 Å². The second kappa shape index (κ2) is 5.28. The molecular weight excluding hydrogens is 238 g/mol. The first-order valence-electron chi connectivity index (χ1n) is 5.76. The second-order valence-electron chi connectivity index (χ2n) is 3.98. The van der Waals surface area contributed by atoms with Crippen molar-refractivity contribution in [3.05, 3.63) is 71.8 Å². The van der Waals surface area contributed by atoms with Crippen molar-refractivity contribution in [2.24, 2.45) is 5.73 Å². The Kier molecular flexibility index (Phi) is 3.53. The highest BCUT2D eigenvalue weighted by atomic mass is 16.6. The molecule has 2 N–H and O–H groups in total. The van der Waals surface area contributed by atoms with E-state index in [2.05, 4.69) is 5.92 Å². The summed E-state index contributed by atoms with van der Waals surface area (Å²) >= 11 is 0. The second-order valence-corrected chi connectivity index (χ2v) is 3.98. The topological polar surface area (TPSA) is 52.3 Å². The lowest BCUT2D eigenvalue weighted by Crippen LogP contribution is -2.34. The number of nitrogens with two attached hydrogens (primary N) is 1. The quantitative estimate of drug-likeness (QED) is 0.853. The highest BCUT2D eigenvalue weighted by Gasteiger charge is 2.35. The molecule has 2 rings (SSSR count). The molecule has 0 saturated carbocycles. The highest BCUT2D eigenvalue weighted by molar-refractivity contribution is 5.67. The summed E-state index contributed by atoms with van der Waals surface area (Å²) in [6.07, 6.45) is 4.73. The van der Waals surface area contributed by atoms with Gasteiger partial charge in [0, 0.05) is 11.1 Å². The summed E-state index contributed by atoms with van der Waals surface area (Å²) in [4.78, 5) is 11.2. The Balaban J connectivity index is 2.63. The minimum atomic E-state index is -1.30. The standard InChI is InChI=1S/C16H13NO2/c1-2-16(19-15(17)18,13-9-5-3-6-10-13)14-11-7-4-8-12-14/h1,3-12H,(H2,17,18). The van der Waals surface area contributed by atoms with Crippen LogP contribution in [0, 0.1) is 12.3 Å². The number of rotatable bonds is 3. The lowest BCUT2D eigenvalue weighted by atomic mass is 9.87. The zero-order valence-corrected chi connectivity index (χ0v) is 10.2. The number of benzene rings is 2. The van der Waals surface area contributed by atoms with Crippen LogP contribution in [0.2, 0.25) is 0 Å². The summed E-state index contributed by atoms with van der Waals surface area (Å²) in [7, 11) is 0. The largest absolute Gasteiger partial charge is 0.421 e. The molecule has 2 aromatic rings.